The van der Waals surface area contributed by atoms with Gasteiger partial charge in [-0.1, -0.05) is 63.4 Å². The van der Waals surface area contributed by atoms with E-state index in [0.29, 0.717) is 0 Å². The Morgan fingerprint density at radius 3 is 2.32 bits per heavy atom. The lowest BCUT2D eigenvalue weighted by Crippen LogP contribution is -2.29. The fourth-order valence-corrected chi connectivity index (χ4v) is 2.53. The highest BCUT2D eigenvalue weighted by molar-refractivity contribution is 5.14. The Morgan fingerprint density at radius 1 is 0.895 bits per heavy atom. The molecule has 0 saturated heterocycles. The van der Waals surface area contributed by atoms with Crippen LogP contribution in [0.15, 0.2) is 30.3 Å². The van der Waals surface area contributed by atoms with Gasteiger partial charge in [0, 0.05) is 6.04 Å². The average Bonchev–Trinajstić information content (AvgIpc) is 2.45. The van der Waals surface area contributed by atoms with Crippen LogP contribution in [0.3, 0.4) is 0 Å². The zero-order chi connectivity index (χ0) is 13.8. The van der Waals surface area contributed by atoms with Gasteiger partial charge in [-0.2, -0.15) is 0 Å². The summed E-state index contributed by atoms with van der Waals surface area (Å²) >= 11 is 0. The third-order valence-electron chi connectivity index (χ3n) is 3.70. The minimum Gasteiger partial charge on any atom is -0.314 e. The van der Waals surface area contributed by atoms with Crippen LogP contribution in [0.25, 0.3) is 0 Å². The minimum absolute atomic E-state index is 0.732. The second kappa shape index (κ2) is 11.0. The van der Waals surface area contributed by atoms with Crippen LogP contribution in [0.4, 0.5) is 0 Å². The van der Waals surface area contributed by atoms with Crippen LogP contribution in [0.1, 0.15) is 64.4 Å². The standard InChI is InChI=1S/C18H31N/c1-3-5-7-14-18(19-16-4-2)15-10-13-17-11-8-6-9-12-17/h6,8-9,11-12,18-19H,3-5,7,10,13-16H2,1-2H3. The molecule has 0 saturated carbocycles. The van der Waals surface area contributed by atoms with Gasteiger partial charge in [-0.15, -0.1) is 0 Å². The van der Waals surface area contributed by atoms with Crippen LogP contribution < -0.4 is 5.32 Å². The predicted octanol–water partition coefficient (Wildman–Crippen LogP) is 4.96. The zero-order valence-corrected chi connectivity index (χ0v) is 12.8. The third kappa shape index (κ3) is 8.05. The number of unbranched alkanes of at least 4 members (excludes halogenated alkanes) is 2. The Bertz CT molecular complexity index is 294. The van der Waals surface area contributed by atoms with Crippen LogP contribution in [-0.4, -0.2) is 12.6 Å². The van der Waals surface area contributed by atoms with Crippen molar-refractivity contribution in [2.75, 3.05) is 6.54 Å². The smallest absolute Gasteiger partial charge is 0.00671 e. The lowest BCUT2D eigenvalue weighted by Gasteiger charge is -2.18. The maximum absolute atomic E-state index is 3.71. The van der Waals surface area contributed by atoms with E-state index in [0.717, 1.165) is 6.04 Å². The summed E-state index contributed by atoms with van der Waals surface area (Å²) in [6.45, 7) is 5.70. The highest BCUT2D eigenvalue weighted by atomic mass is 14.9. The molecule has 1 N–H and O–H groups in total. The summed E-state index contributed by atoms with van der Waals surface area (Å²) in [5.74, 6) is 0. The summed E-state index contributed by atoms with van der Waals surface area (Å²) in [6.07, 6.45) is 10.5. The van der Waals surface area contributed by atoms with E-state index in [1.165, 1.54) is 63.5 Å². The van der Waals surface area contributed by atoms with Gasteiger partial charge in [0.2, 0.25) is 0 Å². The van der Waals surface area contributed by atoms with Gasteiger partial charge in [-0.25, -0.2) is 0 Å². The van der Waals surface area contributed by atoms with E-state index >= 15 is 0 Å². The molecule has 0 aliphatic rings. The molecule has 1 heteroatoms. The van der Waals surface area contributed by atoms with Crippen molar-refractivity contribution < 1.29 is 0 Å². The summed E-state index contributed by atoms with van der Waals surface area (Å²) in [6, 6.07) is 11.6. The zero-order valence-electron chi connectivity index (χ0n) is 12.8. The molecule has 19 heavy (non-hydrogen) atoms. The molecular weight excluding hydrogens is 230 g/mol. The van der Waals surface area contributed by atoms with E-state index in [9.17, 15) is 0 Å². The molecule has 0 heterocycles. The number of benzene rings is 1. The second-order valence-corrected chi connectivity index (χ2v) is 5.52. The quantitative estimate of drug-likeness (QED) is 0.555. The summed E-state index contributed by atoms with van der Waals surface area (Å²) < 4.78 is 0. The fraction of sp³-hybridized carbons (Fsp3) is 0.667. The molecule has 0 aromatic heterocycles. The van der Waals surface area contributed by atoms with Gasteiger partial charge in [0.15, 0.2) is 0 Å². The van der Waals surface area contributed by atoms with E-state index in [-0.39, 0.29) is 0 Å². The van der Waals surface area contributed by atoms with Crippen molar-refractivity contribution in [3.8, 4) is 0 Å². The minimum atomic E-state index is 0.732. The van der Waals surface area contributed by atoms with Gasteiger partial charge in [0.05, 0.1) is 0 Å². The number of aryl methyl sites for hydroxylation is 1. The average molecular weight is 261 g/mol. The van der Waals surface area contributed by atoms with Crippen LogP contribution >= 0.6 is 0 Å². The molecular formula is C18H31N. The topological polar surface area (TPSA) is 12.0 Å². The Kier molecular flexibility index (Phi) is 9.44. The summed E-state index contributed by atoms with van der Waals surface area (Å²) in [7, 11) is 0. The largest absolute Gasteiger partial charge is 0.314 e. The second-order valence-electron chi connectivity index (χ2n) is 5.52. The maximum atomic E-state index is 3.71. The Labute approximate surface area is 119 Å². The molecule has 1 atom stereocenters. The van der Waals surface area contributed by atoms with Gasteiger partial charge >= 0.3 is 0 Å². The van der Waals surface area contributed by atoms with Crippen LogP contribution in [-0.2, 0) is 6.42 Å². The van der Waals surface area contributed by atoms with E-state index < -0.39 is 0 Å². The van der Waals surface area contributed by atoms with Gasteiger partial charge < -0.3 is 5.32 Å². The van der Waals surface area contributed by atoms with Crippen LogP contribution in [0, 0.1) is 0 Å². The summed E-state index contributed by atoms with van der Waals surface area (Å²) in [5, 5.41) is 3.71. The molecule has 0 bridgehead atoms. The molecule has 0 aliphatic carbocycles. The van der Waals surface area contributed by atoms with Crippen molar-refractivity contribution in [3.05, 3.63) is 35.9 Å². The molecule has 1 aromatic carbocycles. The third-order valence-corrected chi connectivity index (χ3v) is 3.70. The van der Waals surface area contributed by atoms with Gasteiger partial charge in [0.25, 0.3) is 0 Å². The Balaban J connectivity index is 2.22. The van der Waals surface area contributed by atoms with Crippen LogP contribution in [0.5, 0.6) is 0 Å². The predicted molar refractivity (Wildman–Crippen MR) is 85.6 cm³/mol. The van der Waals surface area contributed by atoms with E-state index in [1.54, 1.807) is 0 Å². The first-order chi connectivity index (χ1) is 9.36. The first-order valence-corrected chi connectivity index (χ1v) is 8.14. The van der Waals surface area contributed by atoms with E-state index in [1.807, 2.05) is 0 Å². The molecule has 108 valence electrons. The van der Waals surface area contributed by atoms with E-state index in [2.05, 4.69) is 49.5 Å². The van der Waals surface area contributed by atoms with Crippen molar-refractivity contribution in [1.29, 1.82) is 0 Å². The molecule has 1 aromatic rings. The fourth-order valence-electron chi connectivity index (χ4n) is 2.53. The van der Waals surface area contributed by atoms with E-state index in [4.69, 9.17) is 0 Å². The molecule has 0 fully saturated rings. The summed E-state index contributed by atoms with van der Waals surface area (Å²) in [4.78, 5) is 0. The number of hydrogen-bond donors (Lipinski definition) is 1. The molecule has 1 unspecified atom stereocenters. The molecule has 0 amide bonds. The monoisotopic (exact) mass is 261 g/mol. The normalized spacial score (nSPS) is 12.5. The lowest BCUT2D eigenvalue weighted by atomic mass is 10.0. The number of rotatable bonds is 11. The van der Waals surface area contributed by atoms with Crippen LogP contribution in [0.2, 0.25) is 0 Å². The van der Waals surface area contributed by atoms with Gasteiger partial charge in [-0.05, 0) is 44.2 Å². The molecule has 0 aliphatic heterocycles. The first-order valence-electron chi connectivity index (χ1n) is 8.14. The highest BCUT2D eigenvalue weighted by Gasteiger charge is 2.07. The van der Waals surface area contributed by atoms with Gasteiger partial charge in [-0.3, -0.25) is 0 Å². The lowest BCUT2D eigenvalue weighted by molar-refractivity contribution is 0.425. The van der Waals surface area contributed by atoms with Crippen molar-refractivity contribution in [1.82, 2.24) is 5.32 Å². The highest BCUT2D eigenvalue weighted by Crippen LogP contribution is 2.11. The molecule has 1 nitrogen and oxygen atoms in total. The Morgan fingerprint density at radius 2 is 1.63 bits per heavy atom. The molecule has 0 radical (unpaired) electrons. The van der Waals surface area contributed by atoms with Gasteiger partial charge in [0.1, 0.15) is 0 Å². The Hall–Kier alpha value is -0.820. The molecule has 0 spiro atoms. The maximum Gasteiger partial charge on any atom is 0.00671 e. The SMILES string of the molecule is CCCCCC(CCCc1ccccc1)NCCC. The van der Waals surface area contributed by atoms with Crippen molar-refractivity contribution >= 4 is 0 Å². The number of nitrogens with one attached hydrogen (secondary N) is 1. The van der Waals surface area contributed by atoms with Crippen molar-refractivity contribution in [2.45, 2.75) is 71.3 Å². The van der Waals surface area contributed by atoms with Crippen molar-refractivity contribution in [2.24, 2.45) is 0 Å². The summed E-state index contributed by atoms with van der Waals surface area (Å²) in [5.41, 5.74) is 1.48. The van der Waals surface area contributed by atoms with Crippen molar-refractivity contribution in [3.63, 3.8) is 0 Å². The molecule has 1 rings (SSSR count). The first kappa shape index (κ1) is 16.2. The number of hydrogen-bond acceptors (Lipinski definition) is 1.